The van der Waals surface area contributed by atoms with Crippen LogP contribution in [-0.2, 0) is 11.3 Å². The van der Waals surface area contributed by atoms with Crippen LogP contribution < -0.4 is 0 Å². The van der Waals surface area contributed by atoms with Gasteiger partial charge in [0.2, 0.25) is 17.6 Å². The van der Waals surface area contributed by atoms with E-state index >= 15 is 0 Å². The molecule has 144 valence electrons. The summed E-state index contributed by atoms with van der Waals surface area (Å²) >= 11 is 3.11. The van der Waals surface area contributed by atoms with E-state index in [-0.39, 0.29) is 53.1 Å². The zero-order chi connectivity index (χ0) is 19.8. The Hall–Kier alpha value is -2.68. The van der Waals surface area contributed by atoms with Crippen LogP contribution in [0.2, 0.25) is 0 Å². The fraction of sp³-hybridized carbons (Fsp3) is 0.211. The normalized spacial score (nSPS) is 16.8. The van der Waals surface area contributed by atoms with Crippen LogP contribution in [0.15, 0.2) is 45.4 Å². The molecule has 0 N–H and O–H groups in total. The van der Waals surface area contributed by atoms with Crippen molar-refractivity contribution in [1.29, 1.82) is 0 Å². The summed E-state index contributed by atoms with van der Waals surface area (Å²) in [5, 5.41) is 3.90. The zero-order valence-electron chi connectivity index (χ0n) is 14.3. The molecule has 1 fully saturated rings. The van der Waals surface area contributed by atoms with Crippen molar-refractivity contribution in [3.8, 4) is 11.4 Å². The number of halogens is 4. The summed E-state index contributed by atoms with van der Waals surface area (Å²) in [7, 11) is 0. The predicted molar refractivity (Wildman–Crippen MR) is 96.5 cm³/mol. The van der Waals surface area contributed by atoms with E-state index in [1.165, 1.54) is 29.2 Å². The first kappa shape index (κ1) is 18.7. The molecule has 5 nitrogen and oxygen atoms in total. The minimum atomic E-state index is -0.696. The molecule has 2 heterocycles. The third-order valence-corrected chi connectivity index (χ3v) is 5.17. The molecular formula is C19H13BrF3N3O2. The lowest BCUT2D eigenvalue weighted by atomic mass is 10.1. The van der Waals surface area contributed by atoms with Gasteiger partial charge in [0.05, 0.1) is 10.4 Å². The minimum Gasteiger partial charge on any atom is -0.339 e. The molecule has 1 unspecified atom stereocenters. The van der Waals surface area contributed by atoms with Gasteiger partial charge in [0.1, 0.15) is 17.5 Å². The van der Waals surface area contributed by atoms with Gasteiger partial charge in [0.25, 0.3) is 0 Å². The molecule has 0 spiro atoms. The lowest BCUT2D eigenvalue weighted by Crippen LogP contribution is -2.25. The Morgan fingerprint density at radius 1 is 1.14 bits per heavy atom. The number of rotatable bonds is 4. The maximum absolute atomic E-state index is 13.9. The Labute approximate surface area is 166 Å². The molecule has 1 amide bonds. The van der Waals surface area contributed by atoms with Gasteiger partial charge in [-0.05, 0) is 40.2 Å². The quantitative estimate of drug-likeness (QED) is 0.588. The first-order valence-electron chi connectivity index (χ1n) is 8.41. The maximum Gasteiger partial charge on any atom is 0.232 e. The number of hydrogen-bond donors (Lipinski definition) is 0. The highest BCUT2D eigenvalue weighted by Crippen LogP contribution is 2.31. The monoisotopic (exact) mass is 451 g/mol. The third-order valence-electron chi connectivity index (χ3n) is 4.56. The van der Waals surface area contributed by atoms with Gasteiger partial charge in [0.15, 0.2) is 0 Å². The van der Waals surface area contributed by atoms with E-state index in [1.54, 1.807) is 0 Å². The van der Waals surface area contributed by atoms with Crippen LogP contribution in [0.25, 0.3) is 11.4 Å². The van der Waals surface area contributed by atoms with Gasteiger partial charge in [-0.25, -0.2) is 13.2 Å². The molecular weight excluding hydrogens is 439 g/mol. The van der Waals surface area contributed by atoms with E-state index < -0.39 is 17.5 Å². The molecule has 0 radical (unpaired) electrons. The molecule has 0 bridgehead atoms. The van der Waals surface area contributed by atoms with Crippen LogP contribution in [0.3, 0.4) is 0 Å². The highest BCUT2D eigenvalue weighted by Gasteiger charge is 2.34. The van der Waals surface area contributed by atoms with Crippen molar-refractivity contribution in [2.24, 2.45) is 0 Å². The minimum absolute atomic E-state index is 0.0351. The van der Waals surface area contributed by atoms with Crippen molar-refractivity contribution in [3.05, 3.63) is 69.8 Å². The molecule has 0 saturated carbocycles. The number of hydrogen-bond acceptors (Lipinski definition) is 4. The standard InChI is InChI=1S/C19H13BrF3N3O2/c20-14-5-10(2-4-15(14)22)18-24-19(28-25-18)12-6-17(27)26(9-12)8-11-1-3-13(21)7-16(11)23/h1-5,7,12H,6,8-9H2. The molecule has 0 aliphatic carbocycles. The van der Waals surface area contributed by atoms with E-state index in [1.807, 2.05) is 0 Å². The second-order valence-corrected chi connectivity index (χ2v) is 7.35. The van der Waals surface area contributed by atoms with Gasteiger partial charge in [-0.1, -0.05) is 11.2 Å². The molecule has 9 heteroatoms. The first-order chi connectivity index (χ1) is 13.4. The van der Waals surface area contributed by atoms with Crippen molar-refractivity contribution in [3.63, 3.8) is 0 Å². The number of benzene rings is 2. The van der Waals surface area contributed by atoms with Gasteiger partial charge in [-0.15, -0.1) is 0 Å². The third kappa shape index (κ3) is 3.66. The summed E-state index contributed by atoms with van der Waals surface area (Å²) < 4.78 is 45.8. The van der Waals surface area contributed by atoms with Crippen LogP contribution in [-0.4, -0.2) is 27.5 Å². The van der Waals surface area contributed by atoms with Gasteiger partial charge in [0, 0.05) is 36.7 Å². The Morgan fingerprint density at radius 3 is 2.71 bits per heavy atom. The SMILES string of the molecule is O=C1CC(c2nc(-c3ccc(F)c(Br)c3)no2)CN1Cc1ccc(F)cc1F. The molecule has 4 rings (SSSR count). The molecule has 1 atom stereocenters. The second-order valence-electron chi connectivity index (χ2n) is 6.50. The molecule has 1 saturated heterocycles. The summed E-state index contributed by atoms with van der Waals surface area (Å²) in [6.07, 6.45) is 0.150. The van der Waals surface area contributed by atoms with Crippen LogP contribution in [0, 0.1) is 17.5 Å². The molecule has 3 aromatic rings. The largest absolute Gasteiger partial charge is 0.339 e. The number of carbonyl (C=O) groups is 1. The Balaban J connectivity index is 1.49. The molecule has 1 aromatic heterocycles. The van der Waals surface area contributed by atoms with E-state index in [0.717, 1.165) is 12.1 Å². The summed E-state index contributed by atoms with van der Waals surface area (Å²) in [5.41, 5.74) is 0.801. The number of likely N-dealkylation sites (tertiary alicyclic amines) is 1. The summed E-state index contributed by atoms with van der Waals surface area (Å²) in [6, 6.07) is 7.61. The fourth-order valence-electron chi connectivity index (χ4n) is 3.10. The summed E-state index contributed by atoms with van der Waals surface area (Å²) in [5.74, 6) is -1.72. The Morgan fingerprint density at radius 2 is 1.96 bits per heavy atom. The highest BCUT2D eigenvalue weighted by atomic mass is 79.9. The second kappa shape index (κ2) is 7.38. The average molecular weight is 452 g/mol. The van der Waals surface area contributed by atoms with Crippen LogP contribution in [0.4, 0.5) is 13.2 Å². The maximum atomic E-state index is 13.9. The Kier molecular flexibility index (Phi) is 4.92. The lowest BCUT2D eigenvalue weighted by Gasteiger charge is -2.16. The van der Waals surface area contributed by atoms with Crippen LogP contribution in [0.5, 0.6) is 0 Å². The van der Waals surface area contributed by atoms with Gasteiger partial charge >= 0.3 is 0 Å². The Bertz CT molecular complexity index is 1060. The van der Waals surface area contributed by atoms with Gasteiger partial charge in [-0.2, -0.15) is 4.98 Å². The van der Waals surface area contributed by atoms with E-state index in [2.05, 4.69) is 26.1 Å². The smallest absolute Gasteiger partial charge is 0.232 e. The predicted octanol–water partition coefficient (Wildman–Crippen LogP) is 4.43. The van der Waals surface area contributed by atoms with E-state index in [4.69, 9.17) is 4.52 Å². The zero-order valence-corrected chi connectivity index (χ0v) is 15.9. The van der Waals surface area contributed by atoms with Gasteiger partial charge in [-0.3, -0.25) is 4.79 Å². The molecule has 1 aliphatic rings. The van der Waals surface area contributed by atoms with Crippen LogP contribution in [0.1, 0.15) is 23.8 Å². The fourth-order valence-corrected chi connectivity index (χ4v) is 3.48. The van der Waals surface area contributed by atoms with Crippen LogP contribution >= 0.6 is 15.9 Å². The molecule has 28 heavy (non-hydrogen) atoms. The van der Waals surface area contributed by atoms with Gasteiger partial charge < -0.3 is 9.42 Å². The lowest BCUT2D eigenvalue weighted by molar-refractivity contribution is -0.128. The van der Waals surface area contributed by atoms with E-state index in [9.17, 15) is 18.0 Å². The first-order valence-corrected chi connectivity index (χ1v) is 9.20. The summed E-state index contributed by atoms with van der Waals surface area (Å²) in [4.78, 5) is 18.1. The van der Waals surface area contributed by atoms with Crippen molar-refractivity contribution >= 4 is 21.8 Å². The summed E-state index contributed by atoms with van der Waals surface area (Å²) in [6.45, 7) is 0.317. The molecule has 2 aromatic carbocycles. The number of amides is 1. The number of carbonyl (C=O) groups excluding carboxylic acids is 1. The topological polar surface area (TPSA) is 59.2 Å². The van der Waals surface area contributed by atoms with Crippen molar-refractivity contribution in [2.45, 2.75) is 18.9 Å². The molecule has 1 aliphatic heterocycles. The highest BCUT2D eigenvalue weighted by molar-refractivity contribution is 9.10. The number of aromatic nitrogens is 2. The van der Waals surface area contributed by atoms with Crippen molar-refractivity contribution in [1.82, 2.24) is 15.0 Å². The van der Waals surface area contributed by atoms with Crippen molar-refractivity contribution in [2.75, 3.05) is 6.54 Å². The van der Waals surface area contributed by atoms with E-state index in [0.29, 0.717) is 5.56 Å². The number of nitrogens with zero attached hydrogens (tertiary/aromatic N) is 3. The van der Waals surface area contributed by atoms with Crippen molar-refractivity contribution < 1.29 is 22.5 Å². The average Bonchev–Trinajstić information content (AvgIpc) is 3.27.